The second-order valence-corrected chi connectivity index (χ2v) is 6.88. The van der Waals surface area contributed by atoms with E-state index in [0.29, 0.717) is 0 Å². The van der Waals surface area contributed by atoms with E-state index in [1.807, 2.05) is 0 Å². The number of rotatable bonds is 4. The monoisotopic (exact) mass is 308 g/mol. The van der Waals surface area contributed by atoms with E-state index >= 15 is 0 Å². The molecule has 23 heavy (non-hydrogen) atoms. The van der Waals surface area contributed by atoms with Crippen LogP contribution in [0.5, 0.6) is 0 Å². The summed E-state index contributed by atoms with van der Waals surface area (Å²) in [6, 6.07) is 15.3. The molecule has 0 unspecified atom stereocenters. The summed E-state index contributed by atoms with van der Waals surface area (Å²) >= 11 is 0. The van der Waals surface area contributed by atoms with E-state index in [9.17, 15) is 0 Å². The van der Waals surface area contributed by atoms with Crippen molar-refractivity contribution in [2.75, 3.05) is 25.9 Å². The Morgan fingerprint density at radius 1 is 1.04 bits per heavy atom. The number of nitrogen functional groups attached to an aromatic ring is 1. The Morgan fingerprint density at radius 2 is 1.78 bits per heavy atom. The summed E-state index contributed by atoms with van der Waals surface area (Å²) in [4.78, 5) is 2.42. The first-order valence-electron chi connectivity index (χ1n) is 8.82. The average molecular weight is 308 g/mol. The lowest BCUT2D eigenvalue weighted by Gasteiger charge is -2.29. The molecule has 1 heterocycles. The van der Waals surface area contributed by atoms with E-state index < -0.39 is 0 Å². The van der Waals surface area contributed by atoms with Crippen molar-refractivity contribution in [3.8, 4) is 11.1 Å². The molecule has 0 atom stereocenters. The minimum Gasteiger partial charge on any atom is -0.399 e. The number of nitrogens with zero attached hydrogens (tertiary/aromatic N) is 1. The van der Waals surface area contributed by atoms with Gasteiger partial charge in [-0.05, 0) is 86.1 Å². The molecule has 122 valence electrons. The van der Waals surface area contributed by atoms with Crippen molar-refractivity contribution in [1.82, 2.24) is 4.90 Å². The van der Waals surface area contributed by atoms with Gasteiger partial charge in [-0.3, -0.25) is 0 Å². The van der Waals surface area contributed by atoms with Crippen LogP contribution in [-0.2, 0) is 12.8 Å². The molecule has 2 N–H and O–H groups in total. The number of anilines is 1. The molecule has 2 aromatic carbocycles. The van der Waals surface area contributed by atoms with Crippen LogP contribution < -0.4 is 5.73 Å². The van der Waals surface area contributed by atoms with Crippen molar-refractivity contribution in [3.05, 3.63) is 53.6 Å². The van der Waals surface area contributed by atoms with Gasteiger partial charge < -0.3 is 10.6 Å². The second kappa shape index (κ2) is 7.18. The molecule has 0 aromatic heterocycles. The summed E-state index contributed by atoms with van der Waals surface area (Å²) in [7, 11) is 2.22. The summed E-state index contributed by atoms with van der Waals surface area (Å²) in [6.07, 6.45) is 4.74. The smallest absolute Gasteiger partial charge is 0.0347 e. The summed E-state index contributed by atoms with van der Waals surface area (Å²) in [5.74, 6) is 0.769. The van der Waals surface area contributed by atoms with Crippen LogP contribution in [0.25, 0.3) is 11.1 Å². The first-order chi connectivity index (χ1) is 11.2. The third-order valence-electron chi connectivity index (χ3n) is 5.20. The van der Waals surface area contributed by atoms with Crippen LogP contribution in [0.3, 0.4) is 0 Å². The Morgan fingerprint density at radius 3 is 2.52 bits per heavy atom. The van der Waals surface area contributed by atoms with Crippen LogP contribution in [0.1, 0.15) is 30.9 Å². The van der Waals surface area contributed by atoms with Gasteiger partial charge in [-0.1, -0.05) is 37.3 Å². The third-order valence-corrected chi connectivity index (χ3v) is 5.20. The van der Waals surface area contributed by atoms with E-state index in [4.69, 9.17) is 5.73 Å². The van der Waals surface area contributed by atoms with Crippen molar-refractivity contribution >= 4 is 5.69 Å². The number of benzene rings is 2. The Kier molecular flexibility index (Phi) is 5.02. The average Bonchev–Trinajstić information content (AvgIpc) is 2.59. The van der Waals surface area contributed by atoms with E-state index in [-0.39, 0.29) is 0 Å². The summed E-state index contributed by atoms with van der Waals surface area (Å²) < 4.78 is 0. The van der Waals surface area contributed by atoms with E-state index in [2.05, 4.69) is 61.3 Å². The van der Waals surface area contributed by atoms with Crippen LogP contribution in [0.15, 0.2) is 42.5 Å². The highest BCUT2D eigenvalue weighted by molar-refractivity contribution is 5.70. The van der Waals surface area contributed by atoms with Crippen molar-refractivity contribution in [2.45, 2.75) is 32.6 Å². The van der Waals surface area contributed by atoms with Gasteiger partial charge in [-0.25, -0.2) is 0 Å². The maximum absolute atomic E-state index is 6.27. The quantitative estimate of drug-likeness (QED) is 0.849. The first-order valence-corrected chi connectivity index (χ1v) is 8.82. The molecule has 1 aliphatic rings. The van der Waals surface area contributed by atoms with Crippen molar-refractivity contribution in [1.29, 1.82) is 0 Å². The van der Waals surface area contributed by atoms with Gasteiger partial charge in [0.25, 0.3) is 0 Å². The van der Waals surface area contributed by atoms with Crippen molar-refractivity contribution in [3.63, 3.8) is 0 Å². The number of piperidine rings is 1. The molecule has 1 saturated heterocycles. The number of likely N-dealkylation sites (tertiary alicyclic amines) is 1. The molecule has 3 rings (SSSR count). The topological polar surface area (TPSA) is 29.3 Å². The van der Waals surface area contributed by atoms with Crippen molar-refractivity contribution in [2.24, 2.45) is 5.92 Å². The molecule has 0 radical (unpaired) electrons. The summed E-state index contributed by atoms with van der Waals surface area (Å²) in [5, 5.41) is 0. The Hall–Kier alpha value is -1.80. The standard InChI is InChI=1S/C21H28N2/c1-3-17-6-4-5-7-20(17)18-8-9-21(22)19(15-18)14-16-10-12-23(2)13-11-16/h4-9,15-16H,3,10-14,22H2,1-2H3. The maximum atomic E-state index is 6.27. The molecule has 1 aliphatic heterocycles. The highest BCUT2D eigenvalue weighted by atomic mass is 15.1. The van der Waals surface area contributed by atoms with Gasteiger partial charge in [0.15, 0.2) is 0 Å². The normalized spacial score (nSPS) is 16.6. The lowest BCUT2D eigenvalue weighted by Crippen LogP contribution is -2.31. The van der Waals surface area contributed by atoms with Gasteiger partial charge in [0.1, 0.15) is 0 Å². The van der Waals surface area contributed by atoms with Gasteiger partial charge >= 0.3 is 0 Å². The minimum atomic E-state index is 0.769. The molecule has 1 fully saturated rings. The van der Waals surface area contributed by atoms with Crippen LogP contribution >= 0.6 is 0 Å². The molecule has 0 saturated carbocycles. The van der Waals surface area contributed by atoms with Crippen LogP contribution in [0, 0.1) is 5.92 Å². The Bertz CT molecular complexity index is 655. The SMILES string of the molecule is CCc1ccccc1-c1ccc(N)c(CC2CCN(C)CC2)c1. The van der Waals surface area contributed by atoms with Crippen LogP contribution in [0.2, 0.25) is 0 Å². The van der Waals surface area contributed by atoms with E-state index in [0.717, 1.165) is 24.4 Å². The van der Waals surface area contributed by atoms with Crippen molar-refractivity contribution < 1.29 is 0 Å². The number of nitrogens with two attached hydrogens (primary N) is 1. The molecular formula is C21H28N2. The summed E-state index contributed by atoms with van der Waals surface area (Å²) in [6.45, 7) is 4.64. The van der Waals surface area contributed by atoms with Gasteiger partial charge in [0.2, 0.25) is 0 Å². The largest absolute Gasteiger partial charge is 0.399 e. The second-order valence-electron chi connectivity index (χ2n) is 6.88. The molecule has 0 amide bonds. The lowest BCUT2D eigenvalue weighted by molar-refractivity contribution is 0.219. The predicted molar refractivity (Wildman–Crippen MR) is 99.6 cm³/mol. The number of aryl methyl sites for hydroxylation is 1. The molecule has 2 aromatic rings. The molecular weight excluding hydrogens is 280 g/mol. The predicted octanol–water partition coefficient (Wildman–Crippen LogP) is 4.38. The van der Waals surface area contributed by atoms with E-state index in [1.165, 1.54) is 48.2 Å². The molecule has 2 heteroatoms. The Balaban J connectivity index is 1.84. The fourth-order valence-corrected chi connectivity index (χ4v) is 3.64. The first kappa shape index (κ1) is 16.1. The molecule has 0 aliphatic carbocycles. The van der Waals surface area contributed by atoms with Gasteiger partial charge in [0.05, 0.1) is 0 Å². The fraction of sp³-hybridized carbons (Fsp3) is 0.429. The zero-order valence-electron chi connectivity index (χ0n) is 14.4. The van der Waals surface area contributed by atoms with Gasteiger partial charge in [-0.2, -0.15) is 0 Å². The molecule has 2 nitrogen and oxygen atoms in total. The zero-order chi connectivity index (χ0) is 16.2. The number of hydrogen-bond acceptors (Lipinski definition) is 2. The third kappa shape index (κ3) is 3.76. The van der Waals surface area contributed by atoms with Crippen LogP contribution in [0.4, 0.5) is 5.69 Å². The lowest BCUT2D eigenvalue weighted by atomic mass is 9.88. The van der Waals surface area contributed by atoms with Gasteiger partial charge in [-0.15, -0.1) is 0 Å². The fourth-order valence-electron chi connectivity index (χ4n) is 3.64. The molecule has 0 bridgehead atoms. The highest BCUT2D eigenvalue weighted by Gasteiger charge is 2.18. The zero-order valence-corrected chi connectivity index (χ0v) is 14.4. The van der Waals surface area contributed by atoms with E-state index in [1.54, 1.807) is 0 Å². The maximum Gasteiger partial charge on any atom is 0.0347 e. The summed E-state index contributed by atoms with van der Waals surface area (Å²) in [5.41, 5.74) is 12.6. The van der Waals surface area contributed by atoms with Crippen LogP contribution in [-0.4, -0.2) is 25.0 Å². The minimum absolute atomic E-state index is 0.769. The molecule has 0 spiro atoms. The Labute approximate surface area is 140 Å². The van der Waals surface area contributed by atoms with Gasteiger partial charge in [0, 0.05) is 5.69 Å². The highest BCUT2D eigenvalue weighted by Crippen LogP contribution is 2.30. The number of hydrogen-bond donors (Lipinski definition) is 1.